The summed E-state index contributed by atoms with van der Waals surface area (Å²) in [6.07, 6.45) is 1.98. The lowest BCUT2D eigenvalue weighted by atomic mass is 10.3. The Balaban J connectivity index is 2.46. The topological polar surface area (TPSA) is 67.0 Å². The number of ether oxygens (including phenoxy) is 1. The van der Waals surface area contributed by atoms with Crippen LogP contribution in [-0.2, 0) is 0 Å². The second kappa shape index (κ2) is 7.46. The third-order valence-electron chi connectivity index (χ3n) is 3.29. The van der Waals surface area contributed by atoms with Gasteiger partial charge in [0.25, 0.3) is 0 Å². The van der Waals surface area contributed by atoms with E-state index < -0.39 is 0 Å². The van der Waals surface area contributed by atoms with E-state index in [4.69, 9.17) is 4.74 Å². The Kier molecular flexibility index (Phi) is 5.37. The third kappa shape index (κ3) is 3.19. The molecule has 0 fully saturated rings. The van der Waals surface area contributed by atoms with Gasteiger partial charge >= 0.3 is 0 Å². The fraction of sp³-hybridized carbons (Fsp3) is 0.438. The van der Waals surface area contributed by atoms with E-state index >= 15 is 0 Å². The second-order valence-electron chi connectivity index (χ2n) is 4.93. The maximum Gasteiger partial charge on any atom is 0.207 e. The molecule has 0 aliphatic carbocycles. The minimum absolute atomic E-state index is 0.341. The van der Waals surface area contributed by atoms with Crippen molar-refractivity contribution in [2.24, 2.45) is 0 Å². The summed E-state index contributed by atoms with van der Waals surface area (Å²) in [5.74, 6) is 1.31. The zero-order chi connectivity index (χ0) is 15.9. The van der Waals surface area contributed by atoms with Crippen LogP contribution in [0.3, 0.4) is 0 Å². The van der Waals surface area contributed by atoms with Crippen LogP contribution in [-0.4, -0.2) is 35.2 Å². The smallest absolute Gasteiger partial charge is 0.207 e. The highest BCUT2D eigenvalue weighted by Crippen LogP contribution is 2.24. The van der Waals surface area contributed by atoms with Gasteiger partial charge in [-0.15, -0.1) is 15.0 Å². The van der Waals surface area contributed by atoms with Gasteiger partial charge in [-0.3, -0.25) is 0 Å². The molecule has 2 aromatic rings. The molecule has 6 heteroatoms. The molecule has 0 atom stereocenters. The Morgan fingerprint density at radius 1 is 1.18 bits per heavy atom. The van der Waals surface area contributed by atoms with E-state index in [-0.39, 0.29) is 0 Å². The van der Waals surface area contributed by atoms with Gasteiger partial charge in [0.15, 0.2) is 5.82 Å². The Labute approximate surface area is 130 Å². The third-order valence-corrected chi connectivity index (χ3v) is 3.29. The van der Waals surface area contributed by atoms with Crippen LogP contribution < -0.4 is 9.64 Å². The number of methoxy groups -OCH3 is 1. The summed E-state index contributed by atoms with van der Waals surface area (Å²) < 4.78 is 5.34. The zero-order valence-corrected chi connectivity index (χ0v) is 13.3. The van der Waals surface area contributed by atoms with Gasteiger partial charge < -0.3 is 9.64 Å². The molecule has 0 aliphatic rings. The molecule has 1 aromatic carbocycles. The van der Waals surface area contributed by atoms with E-state index in [9.17, 15) is 5.26 Å². The van der Waals surface area contributed by atoms with Gasteiger partial charge in [-0.05, 0) is 25.0 Å². The molecule has 0 bridgehead atoms. The highest BCUT2D eigenvalue weighted by Gasteiger charge is 2.18. The maximum absolute atomic E-state index is 9.37. The van der Waals surface area contributed by atoms with Crippen molar-refractivity contribution in [3.8, 4) is 17.5 Å². The molecule has 0 spiro atoms. The van der Waals surface area contributed by atoms with Crippen molar-refractivity contribution in [1.29, 1.82) is 5.26 Å². The molecule has 6 nitrogen and oxygen atoms in total. The highest BCUT2D eigenvalue weighted by molar-refractivity contribution is 5.52. The molecule has 1 aromatic heterocycles. The van der Waals surface area contributed by atoms with Gasteiger partial charge in [0.2, 0.25) is 5.69 Å². The van der Waals surface area contributed by atoms with Gasteiger partial charge in [0.05, 0.1) is 7.11 Å². The molecule has 116 valence electrons. The zero-order valence-electron chi connectivity index (χ0n) is 13.3. The number of aromatic nitrogens is 3. The van der Waals surface area contributed by atoms with E-state index in [1.54, 1.807) is 7.11 Å². The predicted octanol–water partition coefficient (Wildman–Crippen LogP) is 2.77. The first-order valence-corrected chi connectivity index (χ1v) is 7.50. The Bertz CT molecular complexity index is 653. The molecule has 0 unspecified atom stereocenters. The number of hydrogen-bond donors (Lipinski definition) is 0. The summed E-state index contributed by atoms with van der Waals surface area (Å²) in [7, 11) is 1.61. The molecule has 0 aliphatic heterocycles. The average molecular weight is 299 g/mol. The highest BCUT2D eigenvalue weighted by atomic mass is 16.5. The van der Waals surface area contributed by atoms with Gasteiger partial charge in [0, 0.05) is 13.1 Å². The first-order chi connectivity index (χ1) is 10.7. The van der Waals surface area contributed by atoms with E-state index in [2.05, 4.69) is 35.0 Å². The number of para-hydroxylation sites is 2. The molecule has 2 rings (SSSR count). The number of nitrogens with zero attached hydrogens (tertiary/aromatic N) is 5. The first-order valence-electron chi connectivity index (χ1n) is 7.50. The number of rotatable bonds is 7. The molecule has 0 N–H and O–H groups in total. The summed E-state index contributed by atoms with van der Waals surface area (Å²) in [5, 5.41) is 18.2. The lowest BCUT2D eigenvalue weighted by Crippen LogP contribution is -2.26. The van der Waals surface area contributed by atoms with Crippen LogP contribution in [0.5, 0.6) is 5.75 Å². The van der Waals surface area contributed by atoms with Crippen molar-refractivity contribution >= 4 is 5.82 Å². The van der Waals surface area contributed by atoms with Gasteiger partial charge in [-0.2, -0.15) is 5.26 Å². The summed E-state index contributed by atoms with van der Waals surface area (Å²) in [6, 6.07) is 9.64. The van der Waals surface area contributed by atoms with Crippen molar-refractivity contribution in [3.63, 3.8) is 0 Å². The standard InChI is InChI=1S/C16H21N5O/c1-4-10-20(11-5-2)16-13(12-17)18-21(19-16)14-8-6-7-9-15(14)22-3/h6-9H,4-5,10-11H2,1-3H3. The van der Waals surface area contributed by atoms with Crippen LogP contribution in [0.1, 0.15) is 32.4 Å². The monoisotopic (exact) mass is 299 g/mol. The van der Waals surface area contributed by atoms with E-state index in [0.717, 1.165) is 31.6 Å². The maximum atomic E-state index is 9.37. The molecule has 0 amide bonds. The lowest BCUT2D eigenvalue weighted by Gasteiger charge is -2.20. The Hall–Kier alpha value is -2.55. The van der Waals surface area contributed by atoms with Crippen LogP contribution in [0, 0.1) is 11.3 Å². The molecular weight excluding hydrogens is 278 g/mol. The number of anilines is 1. The van der Waals surface area contributed by atoms with Crippen LogP contribution in [0.2, 0.25) is 0 Å². The van der Waals surface area contributed by atoms with Gasteiger partial charge in [-0.25, -0.2) is 0 Å². The normalized spacial score (nSPS) is 10.3. The summed E-state index contributed by atoms with van der Waals surface area (Å²) >= 11 is 0. The fourth-order valence-electron chi connectivity index (χ4n) is 2.35. The first kappa shape index (κ1) is 15.8. The van der Waals surface area contributed by atoms with Crippen molar-refractivity contribution in [1.82, 2.24) is 15.0 Å². The van der Waals surface area contributed by atoms with Crippen LogP contribution in [0.4, 0.5) is 5.82 Å². The van der Waals surface area contributed by atoms with Crippen LogP contribution in [0.15, 0.2) is 24.3 Å². The van der Waals surface area contributed by atoms with Gasteiger partial charge in [0.1, 0.15) is 17.5 Å². The van der Waals surface area contributed by atoms with E-state index in [1.807, 2.05) is 24.3 Å². The van der Waals surface area contributed by atoms with Crippen LogP contribution >= 0.6 is 0 Å². The molecular formula is C16H21N5O. The summed E-state index contributed by atoms with van der Waals surface area (Å²) in [4.78, 5) is 3.59. The van der Waals surface area contributed by atoms with Crippen molar-refractivity contribution < 1.29 is 4.74 Å². The average Bonchev–Trinajstić information content (AvgIpc) is 2.98. The minimum atomic E-state index is 0.341. The second-order valence-corrected chi connectivity index (χ2v) is 4.93. The van der Waals surface area contributed by atoms with E-state index in [0.29, 0.717) is 17.3 Å². The number of hydrogen-bond acceptors (Lipinski definition) is 5. The predicted molar refractivity (Wildman–Crippen MR) is 85.4 cm³/mol. The number of nitriles is 1. The summed E-state index contributed by atoms with van der Waals surface area (Å²) in [6.45, 7) is 5.93. The summed E-state index contributed by atoms with van der Waals surface area (Å²) in [5.41, 5.74) is 1.06. The van der Waals surface area contributed by atoms with Gasteiger partial charge in [-0.1, -0.05) is 26.0 Å². The van der Waals surface area contributed by atoms with Crippen molar-refractivity contribution in [2.45, 2.75) is 26.7 Å². The van der Waals surface area contributed by atoms with Crippen molar-refractivity contribution in [2.75, 3.05) is 25.1 Å². The Morgan fingerprint density at radius 2 is 1.86 bits per heavy atom. The lowest BCUT2D eigenvalue weighted by molar-refractivity contribution is 0.410. The largest absolute Gasteiger partial charge is 0.494 e. The minimum Gasteiger partial charge on any atom is -0.494 e. The molecule has 0 saturated carbocycles. The molecule has 0 saturated heterocycles. The SMILES string of the molecule is CCCN(CCC)c1nn(-c2ccccc2OC)nc1C#N. The fourth-order valence-corrected chi connectivity index (χ4v) is 2.35. The Morgan fingerprint density at radius 3 is 2.45 bits per heavy atom. The quantitative estimate of drug-likeness (QED) is 0.786. The molecule has 1 heterocycles. The number of benzene rings is 1. The molecule has 0 radical (unpaired) electrons. The van der Waals surface area contributed by atoms with E-state index in [1.165, 1.54) is 4.80 Å². The molecule has 22 heavy (non-hydrogen) atoms. The van der Waals surface area contributed by atoms with Crippen LogP contribution in [0.25, 0.3) is 5.69 Å². The van der Waals surface area contributed by atoms with Crippen molar-refractivity contribution in [3.05, 3.63) is 30.0 Å².